The minimum atomic E-state index is 0.828. The molecule has 0 aromatic heterocycles. The third-order valence-electron chi connectivity index (χ3n) is 1.52. The number of hydrogen-bond donors (Lipinski definition) is 1. The molecule has 1 N–H and O–H groups in total. The summed E-state index contributed by atoms with van der Waals surface area (Å²) in [6, 6.07) is 0. The molecule has 0 aliphatic rings. The van der Waals surface area contributed by atoms with Crippen LogP contribution in [0.4, 0.5) is 0 Å². The van der Waals surface area contributed by atoms with E-state index in [2.05, 4.69) is 25.2 Å². The third-order valence-corrected chi connectivity index (χ3v) is 1.52. The van der Waals surface area contributed by atoms with Gasteiger partial charge in [0.1, 0.15) is 0 Å². The highest BCUT2D eigenvalue weighted by Crippen LogP contribution is 2.05. The van der Waals surface area contributed by atoms with Crippen molar-refractivity contribution >= 4 is 0 Å². The molecule has 1 atom stereocenters. The van der Waals surface area contributed by atoms with Gasteiger partial charge in [0.2, 0.25) is 0 Å². The van der Waals surface area contributed by atoms with E-state index in [1.165, 1.54) is 12.8 Å². The van der Waals surface area contributed by atoms with Gasteiger partial charge in [-0.1, -0.05) is 40.2 Å². The second-order valence-corrected chi connectivity index (χ2v) is 2.44. The van der Waals surface area contributed by atoms with Gasteiger partial charge in [0.05, 0.1) is 0 Å². The summed E-state index contributed by atoms with van der Waals surface area (Å²) < 4.78 is 0. The van der Waals surface area contributed by atoms with E-state index in [-0.39, 0.29) is 0 Å². The molecule has 0 aliphatic carbocycles. The van der Waals surface area contributed by atoms with Crippen LogP contribution < -0.4 is 5.32 Å². The molecular weight excluding hydrogens is 134 g/mol. The van der Waals surface area contributed by atoms with E-state index in [9.17, 15) is 0 Å². The number of rotatable bonds is 4. The minimum absolute atomic E-state index is 0.828. The fraction of sp³-hybridized carbons (Fsp3) is 0.800. The van der Waals surface area contributed by atoms with E-state index in [1.54, 1.807) is 0 Å². The normalized spacial score (nSPS) is 12.1. The number of nitrogens with one attached hydrogen (secondary N) is 1. The Balaban J connectivity index is 0. The van der Waals surface area contributed by atoms with Gasteiger partial charge in [-0.05, 0) is 18.5 Å². The lowest BCUT2D eigenvalue weighted by Crippen LogP contribution is -1.93. The van der Waals surface area contributed by atoms with Gasteiger partial charge in [-0.2, -0.15) is 0 Å². The summed E-state index contributed by atoms with van der Waals surface area (Å²) in [5.41, 5.74) is 0. The van der Waals surface area contributed by atoms with Crippen molar-refractivity contribution in [2.24, 2.45) is 5.92 Å². The second kappa shape index (κ2) is 12.2. The maximum Gasteiger partial charge on any atom is 0.00276 e. The maximum atomic E-state index is 2.97. The average molecular weight is 157 g/mol. The SMILES string of the molecule is CC.CCC(C)CC=CNC. The van der Waals surface area contributed by atoms with E-state index >= 15 is 0 Å². The molecule has 0 amide bonds. The van der Waals surface area contributed by atoms with Crippen LogP contribution >= 0.6 is 0 Å². The number of hydrogen-bond acceptors (Lipinski definition) is 1. The summed E-state index contributed by atoms with van der Waals surface area (Å²) >= 11 is 0. The van der Waals surface area contributed by atoms with E-state index in [4.69, 9.17) is 0 Å². The van der Waals surface area contributed by atoms with Crippen LogP contribution in [0.2, 0.25) is 0 Å². The van der Waals surface area contributed by atoms with Crippen LogP contribution in [0.15, 0.2) is 12.3 Å². The fourth-order valence-electron chi connectivity index (χ4n) is 0.585. The molecule has 1 unspecified atom stereocenters. The molecule has 0 spiro atoms. The van der Waals surface area contributed by atoms with E-state index in [0.717, 1.165) is 5.92 Å². The summed E-state index contributed by atoms with van der Waals surface area (Å²) in [6.45, 7) is 8.48. The smallest absolute Gasteiger partial charge is 0.00276 e. The Morgan fingerprint density at radius 3 is 2.27 bits per heavy atom. The molecule has 0 aromatic carbocycles. The monoisotopic (exact) mass is 157 g/mol. The van der Waals surface area contributed by atoms with Crippen molar-refractivity contribution in [3.63, 3.8) is 0 Å². The lowest BCUT2D eigenvalue weighted by atomic mass is 10.1. The highest BCUT2D eigenvalue weighted by atomic mass is 14.8. The Labute approximate surface area is 71.9 Å². The van der Waals surface area contributed by atoms with Crippen LogP contribution in [-0.2, 0) is 0 Å². The highest BCUT2D eigenvalue weighted by molar-refractivity contribution is 4.79. The summed E-state index contributed by atoms with van der Waals surface area (Å²) in [6.07, 6.45) is 6.63. The summed E-state index contributed by atoms with van der Waals surface area (Å²) in [5.74, 6) is 0.828. The lowest BCUT2D eigenvalue weighted by Gasteiger charge is -2.01. The maximum absolute atomic E-state index is 2.97. The van der Waals surface area contributed by atoms with Crippen LogP contribution in [0, 0.1) is 5.92 Å². The Morgan fingerprint density at radius 1 is 1.36 bits per heavy atom. The molecule has 0 rings (SSSR count). The minimum Gasteiger partial charge on any atom is -0.394 e. The van der Waals surface area contributed by atoms with Crippen LogP contribution in [0.3, 0.4) is 0 Å². The number of allylic oxidation sites excluding steroid dienone is 1. The molecule has 0 radical (unpaired) electrons. The third kappa shape index (κ3) is 12.7. The van der Waals surface area contributed by atoms with Crippen LogP contribution in [0.25, 0.3) is 0 Å². The van der Waals surface area contributed by atoms with Gasteiger partial charge in [0.15, 0.2) is 0 Å². The van der Waals surface area contributed by atoms with Crippen LogP contribution in [-0.4, -0.2) is 7.05 Å². The zero-order valence-electron chi connectivity index (χ0n) is 8.65. The molecule has 0 heterocycles. The Kier molecular flexibility index (Phi) is 14.6. The van der Waals surface area contributed by atoms with Crippen LogP contribution in [0.5, 0.6) is 0 Å². The standard InChI is InChI=1S/C8H17N.C2H6/c1-4-8(2)6-5-7-9-3;1-2/h5,7-9H,4,6H2,1-3H3;1-2H3. The van der Waals surface area contributed by atoms with Gasteiger partial charge in [-0.3, -0.25) is 0 Å². The first-order valence-electron chi connectivity index (χ1n) is 4.63. The molecule has 68 valence electrons. The molecule has 0 aromatic rings. The molecule has 0 saturated carbocycles. The molecule has 0 bridgehead atoms. The summed E-state index contributed by atoms with van der Waals surface area (Å²) in [7, 11) is 1.92. The summed E-state index contributed by atoms with van der Waals surface area (Å²) in [4.78, 5) is 0. The predicted molar refractivity (Wildman–Crippen MR) is 53.6 cm³/mol. The fourth-order valence-corrected chi connectivity index (χ4v) is 0.585. The quantitative estimate of drug-likeness (QED) is 0.661. The van der Waals surface area contributed by atoms with E-state index in [1.807, 2.05) is 27.1 Å². The second-order valence-electron chi connectivity index (χ2n) is 2.44. The zero-order valence-corrected chi connectivity index (χ0v) is 8.65. The van der Waals surface area contributed by atoms with Gasteiger partial charge in [0, 0.05) is 7.05 Å². The molecule has 11 heavy (non-hydrogen) atoms. The van der Waals surface area contributed by atoms with Gasteiger partial charge < -0.3 is 5.32 Å². The van der Waals surface area contributed by atoms with Crippen molar-refractivity contribution in [3.8, 4) is 0 Å². The topological polar surface area (TPSA) is 12.0 Å². The van der Waals surface area contributed by atoms with Crippen molar-refractivity contribution in [2.45, 2.75) is 40.5 Å². The van der Waals surface area contributed by atoms with Crippen molar-refractivity contribution in [2.75, 3.05) is 7.05 Å². The zero-order chi connectivity index (χ0) is 9.11. The van der Waals surface area contributed by atoms with E-state index < -0.39 is 0 Å². The van der Waals surface area contributed by atoms with Crippen LogP contribution in [0.1, 0.15) is 40.5 Å². The van der Waals surface area contributed by atoms with E-state index in [0.29, 0.717) is 0 Å². The van der Waals surface area contributed by atoms with Crippen molar-refractivity contribution in [1.29, 1.82) is 0 Å². The largest absolute Gasteiger partial charge is 0.394 e. The first-order chi connectivity index (χ1) is 5.31. The Bertz CT molecular complexity index is 76.9. The molecule has 0 aliphatic heterocycles. The van der Waals surface area contributed by atoms with Crippen molar-refractivity contribution < 1.29 is 0 Å². The lowest BCUT2D eigenvalue weighted by molar-refractivity contribution is 0.571. The molecule has 1 heteroatoms. The molecular formula is C10H23N. The van der Waals surface area contributed by atoms with Gasteiger partial charge >= 0.3 is 0 Å². The van der Waals surface area contributed by atoms with Gasteiger partial charge in [-0.25, -0.2) is 0 Å². The molecule has 0 saturated heterocycles. The predicted octanol–water partition coefficient (Wildman–Crippen LogP) is 3.18. The van der Waals surface area contributed by atoms with Gasteiger partial charge in [-0.15, -0.1) is 0 Å². The Morgan fingerprint density at radius 2 is 1.91 bits per heavy atom. The highest BCUT2D eigenvalue weighted by Gasteiger charge is 1.91. The first kappa shape index (κ1) is 13.2. The Hall–Kier alpha value is -0.460. The summed E-state index contributed by atoms with van der Waals surface area (Å²) in [5, 5.41) is 2.97. The average Bonchev–Trinajstić information content (AvgIpc) is 2.08. The van der Waals surface area contributed by atoms with Crippen molar-refractivity contribution in [3.05, 3.63) is 12.3 Å². The molecule has 1 nitrogen and oxygen atoms in total. The van der Waals surface area contributed by atoms with Gasteiger partial charge in [0.25, 0.3) is 0 Å². The molecule has 0 fully saturated rings. The van der Waals surface area contributed by atoms with Crippen molar-refractivity contribution in [1.82, 2.24) is 5.32 Å². The first-order valence-corrected chi connectivity index (χ1v) is 4.63.